The summed E-state index contributed by atoms with van der Waals surface area (Å²) in [5.74, 6) is 0. The zero-order valence-electron chi connectivity index (χ0n) is 9.84. The Morgan fingerprint density at radius 1 is 0.647 bits per heavy atom. The highest BCUT2D eigenvalue weighted by Crippen LogP contribution is 2.27. The molecule has 2 aromatic rings. The van der Waals surface area contributed by atoms with E-state index >= 15 is 0 Å². The van der Waals surface area contributed by atoms with Crippen molar-refractivity contribution in [3.05, 3.63) is 69.6 Å². The van der Waals surface area contributed by atoms with Crippen molar-refractivity contribution in [2.24, 2.45) is 0 Å². The first-order chi connectivity index (χ1) is 8.24. The minimum Gasteiger partial charge on any atom is -0.0901 e. The van der Waals surface area contributed by atoms with Gasteiger partial charge in [-0.3, -0.25) is 0 Å². The summed E-state index contributed by atoms with van der Waals surface area (Å²) in [6.45, 7) is 4.22. The molecule has 0 bridgehead atoms. The Morgan fingerprint density at radius 2 is 0.941 bits per heavy atom. The molecule has 0 saturated carbocycles. The van der Waals surface area contributed by atoms with Gasteiger partial charge in [-0.1, -0.05) is 47.2 Å². The van der Waals surface area contributed by atoms with Crippen molar-refractivity contribution in [2.45, 2.75) is 23.6 Å². The van der Waals surface area contributed by atoms with Gasteiger partial charge in [0.15, 0.2) is 0 Å². The second-order valence-electron chi connectivity index (χ2n) is 3.73. The molecular formula is C14H14O2S. The normalized spacial score (nSPS) is 9.29. The summed E-state index contributed by atoms with van der Waals surface area (Å²) in [5.41, 5.74) is 2.62. The monoisotopic (exact) mass is 246 g/mol. The SMILES string of the molecule is Cc1ccc(Sc2ccc(C)cc2)cc1.O=O. The lowest BCUT2D eigenvalue weighted by Crippen LogP contribution is -1.76. The third kappa shape index (κ3) is 4.41. The van der Waals surface area contributed by atoms with Crippen LogP contribution in [-0.4, -0.2) is 0 Å². The molecule has 2 nitrogen and oxygen atoms in total. The number of rotatable bonds is 2. The molecule has 0 aromatic heterocycles. The summed E-state index contributed by atoms with van der Waals surface area (Å²) in [4.78, 5) is 16.6. The standard InChI is InChI=1S/C14H14S.O2/c1-11-3-7-13(8-4-11)15-14-9-5-12(2)6-10-14;1-2/h3-10H,1-2H3;. The van der Waals surface area contributed by atoms with Gasteiger partial charge in [-0.15, -0.1) is 0 Å². The zero-order valence-corrected chi connectivity index (χ0v) is 10.7. The highest BCUT2D eigenvalue weighted by molar-refractivity contribution is 7.99. The fraction of sp³-hybridized carbons (Fsp3) is 0.143. The Kier molecular flexibility index (Phi) is 5.43. The van der Waals surface area contributed by atoms with Crippen LogP contribution in [0, 0.1) is 23.8 Å². The highest BCUT2D eigenvalue weighted by Gasteiger charge is 1.96. The van der Waals surface area contributed by atoms with Crippen LogP contribution in [0.25, 0.3) is 0 Å². The van der Waals surface area contributed by atoms with Gasteiger partial charge in [0.25, 0.3) is 0 Å². The lowest BCUT2D eigenvalue weighted by molar-refractivity contribution is 1.34. The fourth-order valence-electron chi connectivity index (χ4n) is 1.35. The van der Waals surface area contributed by atoms with Crippen molar-refractivity contribution < 1.29 is 0 Å². The van der Waals surface area contributed by atoms with Crippen molar-refractivity contribution >= 4 is 11.8 Å². The molecule has 0 aliphatic carbocycles. The van der Waals surface area contributed by atoms with Crippen LogP contribution in [0.2, 0.25) is 0 Å². The molecule has 17 heavy (non-hydrogen) atoms. The Bertz CT molecular complexity index is 405. The molecule has 0 aliphatic heterocycles. The van der Waals surface area contributed by atoms with Crippen LogP contribution in [-0.2, 0) is 0 Å². The lowest BCUT2D eigenvalue weighted by atomic mass is 10.2. The third-order valence-electron chi connectivity index (χ3n) is 2.28. The summed E-state index contributed by atoms with van der Waals surface area (Å²) >= 11 is 1.80. The van der Waals surface area contributed by atoms with E-state index in [1.165, 1.54) is 20.9 Å². The molecule has 2 rings (SSSR count). The molecule has 2 aromatic carbocycles. The fourth-order valence-corrected chi connectivity index (χ4v) is 2.17. The van der Waals surface area contributed by atoms with Crippen molar-refractivity contribution in [2.75, 3.05) is 0 Å². The first kappa shape index (κ1) is 13.5. The van der Waals surface area contributed by atoms with E-state index in [1.807, 2.05) is 0 Å². The molecule has 0 atom stereocenters. The van der Waals surface area contributed by atoms with E-state index in [0.717, 1.165) is 0 Å². The van der Waals surface area contributed by atoms with Gasteiger partial charge in [0.2, 0.25) is 0 Å². The van der Waals surface area contributed by atoms with E-state index in [9.17, 15) is 0 Å². The molecule has 88 valence electrons. The van der Waals surface area contributed by atoms with Crippen molar-refractivity contribution in [1.29, 1.82) is 0 Å². The predicted octanol–water partition coefficient (Wildman–Crippen LogP) is 4.52. The third-order valence-corrected chi connectivity index (χ3v) is 3.29. The van der Waals surface area contributed by atoms with E-state index < -0.39 is 0 Å². The second kappa shape index (κ2) is 6.86. The van der Waals surface area contributed by atoms with E-state index in [-0.39, 0.29) is 0 Å². The summed E-state index contributed by atoms with van der Waals surface area (Å²) in [5, 5.41) is 0. The largest absolute Gasteiger partial charge is 0.0901 e. The van der Waals surface area contributed by atoms with Gasteiger partial charge >= 0.3 is 0 Å². The quantitative estimate of drug-likeness (QED) is 0.781. The van der Waals surface area contributed by atoms with Gasteiger partial charge in [-0.05, 0) is 38.1 Å². The van der Waals surface area contributed by atoms with E-state index in [4.69, 9.17) is 9.93 Å². The van der Waals surface area contributed by atoms with Crippen LogP contribution < -0.4 is 0 Å². The van der Waals surface area contributed by atoms with E-state index in [0.29, 0.717) is 0 Å². The molecule has 0 spiro atoms. The van der Waals surface area contributed by atoms with Crippen LogP contribution in [0.5, 0.6) is 0 Å². The van der Waals surface area contributed by atoms with E-state index in [2.05, 4.69) is 62.4 Å². The number of hydrogen-bond donors (Lipinski definition) is 0. The lowest BCUT2D eigenvalue weighted by Gasteiger charge is -2.02. The van der Waals surface area contributed by atoms with Gasteiger partial charge in [-0.2, -0.15) is 0 Å². The average Bonchev–Trinajstić information content (AvgIpc) is 2.37. The molecule has 0 aliphatic rings. The van der Waals surface area contributed by atoms with Gasteiger partial charge in [0.05, 0.1) is 0 Å². The summed E-state index contributed by atoms with van der Waals surface area (Å²) in [6, 6.07) is 17.3. The second-order valence-corrected chi connectivity index (χ2v) is 4.88. The Morgan fingerprint density at radius 3 is 1.24 bits per heavy atom. The Labute approximate surface area is 105 Å². The molecule has 0 amide bonds. The van der Waals surface area contributed by atoms with Crippen molar-refractivity contribution in [3.63, 3.8) is 0 Å². The molecule has 0 N–H and O–H groups in total. The first-order valence-corrected chi connectivity index (χ1v) is 6.03. The maximum atomic E-state index is 7.00. The van der Waals surface area contributed by atoms with Crippen LogP contribution in [0.3, 0.4) is 0 Å². The number of hydrogen-bond acceptors (Lipinski definition) is 3. The van der Waals surface area contributed by atoms with E-state index in [1.54, 1.807) is 11.8 Å². The smallest absolute Gasteiger partial charge is 0.0122 e. The molecule has 0 radical (unpaired) electrons. The minimum atomic E-state index is 1.30. The summed E-state index contributed by atoms with van der Waals surface area (Å²) < 4.78 is 0. The molecule has 3 heteroatoms. The van der Waals surface area contributed by atoms with Crippen LogP contribution in [0.15, 0.2) is 58.3 Å². The Balaban J connectivity index is 0.000000686. The Hall–Kier alpha value is -1.61. The van der Waals surface area contributed by atoms with Crippen LogP contribution in [0.4, 0.5) is 0 Å². The van der Waals surface area contributed by atoms with Crippen molar-refractivity contribution in [3.8, 4) is 0 Å². The van der Waals surface area contributed by atoms with Crippen LogP contribution >= 0.6 is 11.8 Å². The summed E-state index contributed by atoms with van der Waals surface area (Å²) in [7, 11) is 0. The number of benzene rings is 2. The van der Waals surface area contributed by atoms with Gasteiger partial charge in [-0.25, -0.2) is 0 Å². The molecule has 0 fully saturated rings. The van der Waals surface area contributed by atoms with Crippen LogP contribution in [0.1, 0.15) is 11.1 Å². The predicted molar refractivity (Wildman–Crippen MR) is 73.2 cm³/mol. The first-order valence-electron chi connectivity index (χ1n) is 5.22. The van der Waals surface area contributed by atoms with Crippen molar-refractivity contribution in [1.82, 2.24) is 0 Å². The zero-order chi connectivity index (χ0) is 12.7. The molecule has 0 unspecified atom stereocenters. The highest BCUT2D eigenvalue weighted by atomic mass is 32.2. The number of aryl methyl sites for hydroxylation is 2. The topological polar surface area (TPSA) is 34.1 Å². The average molecular weight is 246 g/mol. The van der Waals surface area contributed by atoms with Gasteiger partial charge < -0.3 is 0 Å². The molecule has 0 saturated heterocycles. The van der Waals surface area contributed by atoms with Gasteiger partial charge in [0.1, 0.15) is 0 Å². The maximum absolute atomic E-state index is 7.00. The molecule has 0 heterocycles. The van der Waals surface area contributed by atoms with Gasteiger partial charge in [0, 0.05) is 19.7 Å². The minimum absolute atomic E-state index is 1.30. The maximum Gasteiger partial charge on any atom is 0.0122 e. The summed E-state index contributed by atoms with van der Waals surface area (Å²) in [6.07, 6.45) is 0. The molecular weight excluding hydrogens is 232 g/mol.